The van der Waals surface area contributed by atoms with Crippen molar-refractivity contribution in [1.82, 2.24) is 4.90 Å². The van der Waals surface area contributed by atoms with Crippen molar-refractivity contribution in [3.05, 3.63) is 0 Å². The van der Waals surface area contributed by atoms with Crippen LogP contribution in [-0.2, 0) is 4.79 Å². The molecule has 1 saturated carbocycles. The lowest BCUT2D eigenvalue weighted by Crippen LogP contribution is -2.52. The van der Waals surface area contributed by atoms with Gasteiger partial charge in [0, 0.05) is 24.5 Å². The monoisotopic (exact) mass is 213 g/mol. The Kier molecular flexibility index (Phi) is 4.11. The van der Waals surface area contributed by atoms with Crippen molar-refractivity contribution in [3.63, 3.8) is 0 Å². The van der Waals surface area contributed by atoms with Gasteiger partial charge in [0.2, 0.25) is 5.91 Å². The molecule has 0 bridgehead atoms. The fraction of sp³-hybridized carbons (Fsp3) is 0.909. The number of nitrogens with zero attached hydrogens (tertiary/aromatic N) is 1. The zero-order chi connectivity index (χ0) is 11.5. The Morgan fingerprint density at radius 1 is 1.47 bits per heavy atom. The summed E-state index contributed by atoms with van der Waals surface area (Å²) in [6.07, 6.45) is 4.77. The van der Waals surface area contributed by atoms with Crippen LogP contribution in [0.3, 0.4) is 0 Å². The van der Waals surface area contributed by atoms with E-state index in [1.54, 1.807) is 0 Å². The quantitative estimate of drug-likeness (QED) is 0.690. The van der Waals surface area contributed by atoms with E-state index >= 15 is 0 Å². The lowest BCUT2D eigenvalue weighted by atomic mass is 9.94. The van der Waals surface area contributed by atoms with Crippen molar-refractivity contribution in [2.45, 2.75) is 38.1 Å². The van der Waals surface area contributed by atoms with Crippen LogP contribution in [0.2, 0.25) is 0 Å². The molecule has 0 aromatic rings. The van der Waals surface area contributed by atoms with Gasteiger partial charge in [-0.25, -0.2) is 0 Å². The molecule has 1 fully saturated rings. The first-order valence-electron chi connectivity index (χ1n) is 5.72. The number of rotatable bonds is 5. The molecule has 88 valence electrons. The molecule has 0 aliphatic heterocycles. The van der Waals surface area contributed by atoms with Crippen molar-refractivity contribution < 1.29 is 4.79 Å². The first-order chi connectivity index (χ1) is 7.02. The highest BCUT2D eigenvalue weighted by atomic mass is 16.1. The van der Waals surface area contributed by atoms with Crippen molar-refractivity contribution in [2.75, 3.05) is 20.1 Å². The van der Waals surface area contributed by atoms with Crippen LogP contribution < -0.4 is 11.5 Å². The average Bonchev–Trinajstić information content (AvgIpc) is 2.66. The van der Waals surface area contributed by atoms with Crippen LogP contribution in [-0.4, -0.2) is 36.5 Å². The van der Waals surface area contributed by atoms with Crippen LogP contribution in [0.5, 0.6) is 0 Å². The van der Waals surface area contributed by atoms with Crippen molar-refractivity contribution in [3.8, 4) is 0 Å². The molecule has 4 nitrogen and oxygen atoms in total. The van der Waals surface area contributed by atoms with Crippen LogP contribution >= 0.6 is 0 Å². The van der Waals surface area contributed by atoms with Crippen LogP contribution in [0.15, 0.2) is 0 Å². The van der Waals surface area contributed by atoms with Gasteiger partial charge in [0.1, 0.15) is 0 Å². The third kappa shape index (κ3) is 2.69. The highest BCUT2D eigenvalue weighted by Gasteiger charge is 2.36. The number of carbonyl (C=O) groups is 1. The highest BCUT2D eigenvalue weighted by Crippen LogP contribution is 2.33. The largest absolute Gasteiger partial charge is 0.369 e. The number of primary amides is 1. The van der Waals surface area contributed by atoms with Crippen LogP contribution in [0.1, 0.15) is 32.6 Å². The van der Waals surface area contributed by atoms with E-state index in [4.69, 9.17) is 11.5 Å². The Morgan fingerprint density at radius 2 is 2.00 bits per heavy atom. The topological polar surface area (TPSA) is 72.3 Å². The van der Waals surface area contributed by atoms with E-state index < -0.39 is 0 Å². The molecule has 0 aromatic carbocycles. The Hall–Kier alpha value is -0.610. The Bertz CT molecular complexity index is 224. The summed E-state index contributed by atoms with van der Waals surface area (Å²) in [6.45, 7) is 3.26. The molecule has 0 spiro atoms. The zero-order valence-corrected chi connectivity index (χ0v) is 9.83. The van der Waals surface area contributed by atoms with E-state index in [-0.39, 0.29) is 17.4 Å². The molecule has 0 aromatic heterocycles. The summed E-state index contributed by atoms with van der Waals surface area (Å²) in [5.74, 6) is -0.328. The summed E-state index contributed by atoms with van der Waals surface area (Å²) >= 11 is 0. The van der Waals surface area contributed by atoms with E-state index in [9.17, 15) is 4.79 Å². The summed E-state index contributed by atoms with van der Waals surface area (Å²) in [7, 11) is 2.05. The van der Waals surface area contributed by atoms with E-state index in [1.165, 1.54) is 12.8 Å². The van der Waals surface area contributed by atoms with E-state index in [0.29, 0.717) is 13.1 Å². The smallest absolute Gasteiger partial charge is 0.221 e. The molecule has 1 aliphatic carbocycles. The van der Waals surface area contributed by atoms with Gasteiger partial charge < -0.3 is 11.5 Å². The normalized spacial score (nSPS) is 21.9. The molecule has 0 saturated heterocycles. The van der Waals surface area contributed by atoms with Gasteiger partial charge in [-0.1, -0.05) is 19.8 Å². The second-order valence-electron chi connectivity index (χ2n) is 4.82. The van der Waals surface area contributed by atoms with Crippen LogP contribution in [0, 0.1) is 5.92 Å². The van der Waals surface area contributed by atoms with Gasteiger partial charge in [-0.3, -0.25) is 9.69 Å². The van der Waals surface area contributed by atoms with Crippen molar-refractivity contribution in [1.29, 1.82) is 0 Å². The Labute approximate surface area is 92.0 Å². The van der Waals surface area contributed by atoms with Gasteiger partial charge in [-0.2, -0.15) is 0 Å². The molecule has 1 atom stereocenters. The number of nitrogens with two attached hydrogens (primary N) is 2. The second-order valence-corrected chi connectivity index (χ2v) is 4.82. The molecule has 1 aliphatic rings. The van der Waals surface area contributed by atoms with E-state index in [1.807, 2.05) is 6.92 Å². The van der Waals surface area contributed by atoms with E-state index in [0.717, 1.165) is 12.8 Å². The van der Waals surface area contributed by atoms with Gasteiger partial charge >= 0.3 is 0 Å². The minimum atomic E-state index is -0.230. The highest BCUT2D eigenvalue weighted by molar-refractivity contribution is 5.76. The summed E-state index contributed by atoms with van der Waals surface area (Å²) in [4.78, 5) is 13.2. The molecule has 1 amide bonds. The Balaban J connectivity index is 2.57. The zero-order valence-electron chi connectivity index (χ0n) is 9.83. The maximum absolute atomic E-state index is 11.0. The molecule has 15 heavy (non-hydrogen) atoms. The molecule has 4 N–H and O–H groups in total. The first kappa shape index (κ1) is 12.5. The fourth-order valence-electron chi connectivity index (χ4n) is 2.47. The minimum Gasteiger partial charge on any atom is -0.369 e. The number of carbonyl (C=O) groups excluding carboxylic acids is 1. The second kappa shape index (κ2) is 4.94. The molecule has 4 heteroatoms. The van der Waals surface area contributed by atoms with Gasteiger partial charge in [-0.05, 0) is 19.9 Å². The first-order valence-corrected chi connectivity index (χ1v) is 5.72. The van der Waals surface area contributed by atoms with Gasteiger partial charge in [0.15, 0.2) is 0 Å². The summed E-state index contributed by atoms with van der Waals surface area (Å²) < 4.78 is 0. The molecule has 0 heterocycles. The van der Waals surface area contributed by atoms with Gasteiger partial charge in [0.25, 0.3) is 0 Å². The summed E-state index contributed by atoms with van der Waals surface area (Å²) in [5.41, 5.74) is 11.2. The fourth-order valence-corrected chi connectivity index (χ4v) is 2.47. The third-order valence-corrected chi connectivity index (χ3v) is 3.76. The lowest BCUT2D eigenvalue weighted by Gasteiger charge is -2.39. The maximum Gasteiger partial charge on any atom is 0.221 e. The molecule has 1 unspecified atom stereocenters. The predicted octanol–water partition coefficient (Wildman–Crippen LogP) is 0.311. The predicted molar refractivity (Wildman–Crippen MR) is 61.2 cm³/mol. The molecule has 1 rings (SSSR count). The summed E-state index contributed by atoms with van der Waals surface area (Å²) in [6, 6.07) is 0. The van der Waals surface area contributed by atoms with Crippen LogP contribution in [0.25, 0.3) is 0 Å². The molecule has 0 radical (unpaired) electrons. The number of hydrogen-bond donors (Lipinski definition) is 2. The van der Waals surface area contributed by atoms with Gasteiger partial charge in [0.05, 0.1) is 0 Å². The van der Waals surface area contributed by atoms with Crippen molar-refractivity contribution in [2.24, 2.45) is 17.4 Å². The summed E-state index contributed by atoms with van der Waals surface area (Å²) in [5, 5.41) is 0. The molecular weight excluding hydrogens is 190 g/mol. The Morgan fingerprint density at radius 3 is 2.40 bits per heavy atom. The number of likely N-dealkylation sites (N-methyl/N-ethyl adjacent to an activating group) is 1. The van der Waals surface area contributed by atoms with E-state index in [2.05, 4.69) is 11.9 Å². The SMILES string of the molecule is CC(CN(C)C1(CN)CCCC1)C(N)=O. The number of hydrogen-bond acceptors (Lipinski definition) is 3. The maximum atomic E-state index is 11.0. The number of amides is 1. The lowest BCUT2D eigenvalue weighted by molar-refractivity contribution is -0.122. The standard InChI is InChI=1S/C11H23N3O/c1-9(10(13)15)7-14(2)11(8-12)5-3-4-6-11/h9H,3-8,12H2,1-2H3,(H2,13,15). The van der Waals surface area contributed by atoms with Crippen molar-refractivity contribution >= 4 is 5.91 Å². The van der Waals surface area contributed by atoms with Gasteiger partial charge in [-0.15, -0.1) is 0 Å². The van der Waals surface area contributed by atoms with Crippen LogP contribution in [0.4, 0.5) is 0 Å². The third-order valence-electron chi connectivity index (χ3n) is 3.76. The minimum absolute atomic E-state index is 0.0981. The molecular formula is C11H23N3O. The average molecular weight is 213 g/mol.